The highest BCUT2D eigenvalue weighted by molar-refractivity contribution is 7.44. The maximum absolute atomic E-state index is 10.7. The van der Waals surface area contributed by atoms with Gasteiger partial charge in [0.15, 0.2) is 0 Å². The molecular weight excluding hydrogens is 119 g/mol. The number of allylic oxidation sites excluding steroid dienone is 1. The minimum atomic E-state index is -1.21. The zero-order valence-electron chi connectivity index (χ0n) is 5.31. The van der Waals surface area contributed by atoms with Crippen molar-refractivity contribution in [3.63, 3.8) is 0 Å². The fourth-order valence-electron chi connectivity index (χ4n) is 0.440. The Bertz CT molecular complexity index is 88.5. The molecule has 48 valence electrons. The summed E-state index contributed by atoms with van der Waals surface area (Å²) in [6.07, 6.45) is 4.42. The van der Waals surface area contributed by atoms with Crippen molar-refractivity contribution in [1.82, 2.24) is 0 Å². The minimum absolute atomic E-state index is 0.846. The maximum atomic E-state index is 10.7. The van der Waals surface area contributed by atoms with Gasteiger partial charge in [-0.05, 0) is 12.6 Å². The molecule has 0 aliphatic heterocycles. The summed E-state index contributed by atoms with van der Waals surface area (Å²) in [6.45, 7) is 5.51. The highest BCUT2D eigenvalue weighted by Crippen LogP contribution is 2.19. The van der Waals surface area contributed by atoms with Crippen LogP contribution in [0.3, 0.4) is 0 Å². The van der Waals surface area contributed by atoms with Gasteiger partial charge in [-0.1, -0.05) is 13.0 Å². The lowest BCUT2D eigenvalue weighted by atomic mass is 10.5. The SMILES string of the molecule is C=CCC[PH](=O)CC. The van der Waals surface area contributed by atoms with Crippen molar-refractivity contribution >= 4 is 7.80 Å². The zero-order valence-corrected chi connectivity index (χ0v) is 6.31. The molecule has 0 spiro atoms. The fraction of sp³-hybridized carbons (Fsp3) is 0.667. The maximum Gasteiger partial charge on any atom is 0.0762 e. The molecule has 0 saturated heterocycles. The van der Waals surface area contributed by atoms with Crippen LogP contribution in [0.15, 0.2) is 12.7 Å². The van der Waals surface area contributed by atoms with E-state index in [0.717, 1.165) is 18.7 Å². The molecule has 1 nitrogen and oxygen atoms in total. The smallest absolute Gasteiger partial charge is 0.0762 e. The summed E-state index contributed by atoms with van der Waals surface area (Å²) in [6, 6.07) is 0. The van der Waals surface area contributed by atoms with E-state index in [0.29, 0.717) is 0 Å². The molecular formula is C6H13OP. The monoisotopic (exact) mass is 132 g/mol. The van der Waals surface area contributed by atoms with Crippen LogP contribution in [0.2, 0.25) is 0 Å². The van der Waals surface area contributed by atoms with E-state index in [1.54, 1.807) is 0 Å². The molecule has 0 amide bonds. The van der Waals surface area contributed by atoms with Crippen molar-refractivity contribution in [2.75, 3.05) is 12.3 Å². The van der Waals surface area contributed by atoms with Gasteiger partial charge in [0.1, 0.15) is 0 Å². The molecule has 0 aromatic rings. The third-order valence-corrected chi connectivity index (χ3v) is 2.66. The van der Waals surface area contributed by atoms with Gasteiger partial charge in [0.05, 0.1) is 7.80 Å². The fourth-order valence-corrected chi connectivity index (χ4v) is 1.32. The van der Waals surface area contributed by atoms with Crippen molar-refractivity contribution < 1.29 is 4.57 Å². The highest BCUT2D eigenvalue weighted by atomic mass is 31.1. The van der Waals surface area contributed by atoms with Crippen molar-refractivity contribution in [2.24, 2.45) is 0 Å². The molecule has 0 bridgehead atoms. The van der Waals surface area contributed by atoms with E-state index >= 15 is 0 Å². The van der Waals surface area contributed by atoms with Crippen LogP contribution in [0.5, 0.6) is 0 Å². The summed E-state index contributed by atoms with van der Waals surface area (Å²) in [7, 11) is -1.21. The zero-order chi connectivity index (χ0) is 6.41. The second-order valence-corrected chi connectivity index (χ2v) is 4.00. The van der Waals surface area contributed by atoms with E-state index in [1.165, 1.54) is 0 Å². The predicted octanol–water partition coefficient (Wildman–Crippen LogP) is 2.14. The molecule has 1 atom stereocenters. The second kappa shape index (κ2) is 5.11. The van der Waals surface area contributed by atoms with Crippen LogP contribution in [0, 0.1) is 0 Å². The van der Waals surface area contributed by atoms with Crippen LogP contribution in [-0.2, 0) is 4.57 Å². The van der Waals surface area contributed by atoms with Crippen LogP contribution in [0.1, 0.15) is 13.3 Å². The van der Waals surface area contributed by atoms with E-state index in [4.69, 9.17) is 0 Å². The lowest BCUT2D eigenvalue weighted by molar-refractivity contribution is 0.588. The van der Waals surface area contributed by atoms with Crippen molar-refractivity contribution in [3.8, 4) is 0 Å². The number of rotatable bonds is 4. The van der Waals surface area contributed by atoms with Crippen LogP contribution in [-0.4, -0.2) is 12.3 Å². The van der Waals surface area contributed by atoms with Crippen molar-refractivity contribution in [2.45, 2.75) is 13.3 Å². The van der Waals surface area contributed by atoms with Gasteiger partial charge in [0.2, 0.25) is 0 Å². The molecule has 8 heavy (non-hydrogen) atoms. The topological polar surface area (TPSA) is 17.1 Å². The Hall–Kier alpha value is -0.0300. The van der Waals surface area contributed by atoms with E-state index in [-0.39, 0.29) is 0 Å². The first-order chi connectivity index (χ1) is 3.81. The summed E-state index contributed by atoms with van der Waals surface area (Å²) in [5.74, 6) is 0. The lowest BCUT2D eigenvalue weighted by Gasteiger charge is -1.90. The normalized spacial score (nSPS) is 13.1. The van der Waals surface area contributed by atoms with Gasteiger partial charge < -0.3 is 4.57 Å². The van der Waals surface area contributed by atoms with E-state index in [2.05, 4.69) is 6.58 Å². The van der Waals surface area contributed by atoms with E-state index < -0.39 is 7.80 Å². The third kappa shape index (κ3) is 4.14. The van der Waals surface area contributed by atoms with Gasteiger partial charge >= 0.3 is 0 Å². The Labute approximate surface area is 51.6 Å². The van der Waals surface area contributed by atoms with Crippen molar-refractivity contribution in [1.29, 1.82) is 0 Å². The van der Waals surface area contributed by atoms with E-state index in [9.17, 15) is 4.57 Å². The molecule has 0 radical (unpaired) electrons. The second-order valence-electron chi connectivity index (χ2n) is 1.72. The van der Waals surface area contributed by atoms with Gasteiger partial charge in [-0.2, -0.15) is 0 Å². The third-order valence-electron chi connectivity index (χ3n) is 1.02. The molecule has 2 heteroatoms. The predicted molar refractivity (Wildman–Crippen MR) is 39.2 cm³/mol. The molecule has 0 aromatic carbocycles. The Morgan fingerprint density at radius 1 is 1.75 bits per heavy atom. The Morgan fingerprint density at radius 2 is 2.38 bits per heavy atom. The van der Waals surface area contributed by atoms with Crippen molar-refractivity contribution in [3.05, 3.63) is 12.7 Å². The van der Waals surface area contributed by atoms with E-state index in [1.807, 2.05) is 13.0 Å². The first-order valence-electron chi connectivity index (χ1n) is 2.93. The highest BCUT2D eigenvalue weighted by Gasteiger charge is 1.90. The van der Waals surface area contributed by atoms with Crippen LogP contribution in [0.25, 0.3) is 0 Å². The summed E-state index contributed by atoms with van der Waals surface area (Å²) in [5.41, 5.74) is 0. The Kier molecular flexibility index (Phi) is 5.09. The molecule has 1 unspecified atom stereocenters. The van der Waals surface area contributed by atoms with Gasteiger partial charge in [0, 0.05) is 6.16 Å². The number of hydrogen-bond acceptors (Lipinski definition) is 1. The Morgan fingerprint density at radius 3 is 2.75 bits per heavy atom. The summed E-state index contributed by atoms with van der Waals surface area (Å²) in [5, 5.41) is 0. The quantitative estimate of drug-likeness (QED) is 0.423. The van der Waals surface area contributed by atoms with Crippen LogP contribution in [0.4, 0.5) is 0 Å². The first-order valence-corrected chi connectivity index (χ1v) is 4.76. The largest absolute Gasteiger partial charge is 0.327 e. The van der Waals surface area contributed by atoms with Crippen LogP contribution < -0.4 is 0 Å². The lowest BCUT2D eigenvalue weighted by Crippen LogP contribution is -1.75. The van der Waals surface area contributed by atoms with Gasteiger partial charge in [-0.15, -0.1) is 6.58 Å². The molecule has 0 heterocycles. The summed E-state index contributed by atoms with van der Waals surface area (Å²) < 4.78 is 10.7. The van der Waals surface area contributed by atoms with Gasteiger partial charge in [-0.25, -0.2) is 0 Å². The molecule has 0 fully saturated rings. The molecule has 0 saturated carbocycles. The molecule has 0 N–H and O–H groups in total. The van der Waals surface area contributed by atoms with Gasteiger partial charge in [-0.3, -0.25) is 0 Å². The average Bonchev–Trinajstić information content (AvgIpc) is 1.83. The summed E-state index contributed by atoms with van der Waals surface area (Å²) in [4.78, 5) is 0. The van der Waals surface area contributed by atoms with Crippen LogP contribution >= 0.6 is 7.80 Å². The average molecular weight is 132 g/mol. The Balaban J connectivity index is 3.11. The van der Waals surface area contributed by atoms with Gasteiger partial charge in [0.25, 0.3) is 0 Å². The molecule has 0 aliphatic rings. The standard InChI is InChI=1S/C6H13OP/c1-3-5-6-8(7)4-2/h3,8H,1,4-6H2,2H3. The summed E-state index contributed by atoms with van der Waals surface area (Å²) >= 11 is 0. The molecule has 0 aliphatic carbocycles. The molecule has 0 rings (SSSR count). The molecule has 0 aromatic heterocycles. The minimum Gasteiger partial charge on any atom is -0.327 e. The first kappa shape index (κ1) is 7.97. The number of hydrogen-bond donors (Lipinski definition) is 0.